The number of hydrogen-bond acceptors (Lipinski definition) is 4. The molecule has 0 bridgehead atoms. The van der Waals surface area contributed by atoms with Crippen molar-refractivity contribution < 1.29 is 19.4 Å². The van der Waals surface area contributed by atoms with Gasteiger partial charge in [0.25, 0.3) is 5.91 Å². The van der Waals surface area contributed by atoms with Gasteiger partial charge in [-0.25, -0.2) is 0 Å². The summed E-state index contributed by atoms with van der Waals surface area (Å²) in [7, 11) is 1.43. The molecular weight excluding hydrogens is 258 g/mol. The topological polar surface area (TPSA) is 75.6 Å². The molecule has 0 radical (unpaired) electrons. The molecule has 0 atom stereocenters. The molecule has 2 N–H and O–H groups in total. The van der Waals surface area contributed by atoms with Gasteiger partial charge in [-0.05, 0) is 30.3 Å². The predicted molar refractivity (Wildman–Crippen MR) is 74.4 cm³/mol. The second-order valence-corrected chi connectivity index (χ2v) is 4.08. The average molecular weight is 271 g/mol. The van der Waals surface area contributed by atoms with Crippen LogP contribution in [0, 0.1) is 0 Å². The van der Waals surface area contributed by atoms with Crippen molar-refractivity contribution in [2.75, 3.05) is 12.4 Å². The van der Waals surface area contributed by atoms with Crippen LogP contribution in [0.1, 0.15) is 20.7 Å². The largest absolute Gasteiger partial charge is 0.504 e. The zero-order chi connectivity index (χ0) is 14.5. The lowest BCUT2D eigenvalue weighted by Crippen LogP contribution is -2.11. The molecule has 102 valence electrons. The van der Waals surface area contributed by atoms with Crippen molar-refractivity contribution in [3.8, 4) is 11.5 Å². The van der Waals surface area contributed by atoms with E-state index in [1.807, 2.05) is 0 Å². The molecule has 2 aromatic rings. The Morgan fingerprint density at radius 2 is 2.05 bits per heavy atom. The lowest BCUT2D eigenvalue weighted by molar-refractivity contribution is 0.102. The molecule has 0 saturated carbocycles. The van der Waals surface area contributed by atoms with Crippen LogP contribution in [0.25, 0.3) is 0 Å². The minimum atomic E-state index is -0.383. The Kier molecular flexibility index (Phi) is 4.00. The van der Waals surface area contributed by atoms with Crippen LogP contribution in [0.3, 0.4) is 0 Å². The number of methoxy groups -OCH3 is 1. The van der Waals surface area contributed by atoms with Crippen molar-refractivity contribution in [3.63, 3.8) is 0 Å². The Labute approximate surface area is 115 Å². The highest BCUT2D eigenvalue weighted by Gasteiger charge is 2.10. The molecule has 0 aliphatic carbocycles. The Balaban J connectivity index is 2.19. The summed E-state index contributed by atoms with van der Waals surface area (Å²) in [5.74, 6) is -0.197. The molecule has 2 rings (SSSR count). The van der Waals surface area contributed by atoms with Gasteiger partial charge in [0.05, 0.1) is 7.11 Å². The summed E-state index contributed by atoms with van der Waals surface area (Å²) in [6.45, 7) is 0. The van der Waals surface area contributed by atoms with Crippen LogP contribution in [0.5, 0.6) is 11.5 Å². The highest BCUT2D eigenvalue weighted by Crippen LogP contribution is 2.26. The highest BCUT2D eigenvalue weighted by molar-refractivity contribution is 6.04. The maximum absolute atomic E-state index is 12.0. The van der Waals surface area contributed by atoms with Gasteiger partial charge >= 0.3 is 0 Å². The van der Waals surface area contributed by atoms with E-state index >= 15 is 0 Å². The summed E-state index contributed by atoms with van der Waals surface area (Å²) in [5, 5.41) is 12.3. The van der Waals surface area contributed by atoms with Gasteiger partial charge < -0.3 is 15.2 Å². The first-order valence-corrected chi connectivity index (χ1v) is 5.87. The van der Waals surface area contributed by atoms with E-state index < -0.39 is 0 Å². The van der Waals surface area contributed by atoms with Gasteiger partial charge in [-0.2, -0.15) is 0 Å². The standard InChI is InChI=1S/C15H13NO4/c1-20-14-6-5-11(8-13(14)18)15(19)16-12-4-2-3-10(7-12)9-17/h2-9,18H,1H3,(H,16,19). The van der Waals surface area contributed by atoms with Crippen LogP contribution in [-0.4, -0.2) is 24.4 Å². The van der Waals surface area contributed by atoms with Gasteiger partial charge in [-0.3, -0.25) is 9.59 Å². The Morgan fingerprint density at radius 1 is 1.25 bits per heavy atom. The minimum absolute atomic E-state index is 0.109. The fourth-order valence-electron chi connectivity index (χ4n) is 1.72. The smallest absolute Gasteiger partial charge is 0.255 e. The van der Waals surface area contributed by atoms with Gasteiger partial charge in [0.15, 0.2) is 11.5 Å². The number of ether oxygens (including phenoxy) is 1. The van der Waals surface area contributed by atoms with Crippen molar-refractivity contribution in [2.24, 2.45) is 0 Å². The number of hydrogen-bond donors (Lipinski definition) is 2. The summed E-state index contributed by atoms with van der Waals surface area (Å²) in [6.07, 6.45) is 0.703. The number of carbonyl (C=O) groups excluding carboxylic acids is 2. The molecule has 5 nitrogen and oxygen atoms in total. The molecule has 0 unspecified atom stereocenters. The first-order valence-electron chi connectivity index (χ1n) is 5.87. The predicted octanol–water partition coefficient (Wildman–Crippen LogP) is 2.47. The minimum Gasteiger partial charge on any atom is -0.504 e. The van der Waals surface area contributed by atoms with Crippen LogP contribution in [0.2, 0.25) is 0 Å². The summed E-state index contributed by atoms with van der Waals surface area (Å²) in [6, 6.07) is 10.9. The van der Waals surface area contributed by atoms with Crippen LogP contribution in [0.4, 0.5) is 5.69 Å². The lowest BCUT2D eigenvalue weighted by atomic mass is 10.1. The molecule has 0 fully saturated rings. The van der Waals surface area contributed by atoms with Crippen LogP contribution < -0.4 is 10.1 Å². The van der Waals surface area contributed by atoms with Crippen LogP contribution in [-0.2, 0) is 0 Å². The number of carbonyl (C=O) groups is 2. The number of aldehydes is 1. The second-order valence-electron chi connectivity index (χ2n) is 4.08. The van der Waals surface area contributed by atoms with Gasteiger partial charge in [-0.1, -0.05) is 12.1 Å². The van der Waals surface area contributed by atoms with Crippen LogP contribution in [0.15, 0.2) is 42.5 Å². The molecule has 0 spiro atoms. The van der Waals surface area contributed by atoms with Crippen molar-refractivity contribution in [1.82, 2.24) is 0 Å². The van der Waals surface area contributed by atoms with E-state index in [4.69, 9.17) is 4.74 Å². The lowest BCUT2D eigenvalue weighted by Gasteiger charge is -2.08. The number of nitrogens with one attached hydrogen (secondary N) is 1. The average Bonchev–Trinajstić information content (AvgIpc) is 2.47. The molecule has 0 saturated heterocycles. The van der Waals surface area contributed by atoms with E-state index in [1.54, 1.807) is 24.3 Å². The number of rotatable bonds is 4. The van der Waals surface area contributed by atoms with Crippen molar-refractivity contribution in [2.45, 2.75) is 0 Å². The summed E-state index contributed by atoms with van der Waals surface area (Å²) in [5.41, 5.74) is 1.27. The van der Waals surface area contributed by atoms with E-state index in [0.717, 1.165) is 0 Å². The normalized spacial score (nSPS) is 9.85. The molecule has 20 heavy (non-hydrogen) atoms. The van der Waals surface area contributed by atoms with Crippen molar-refractivity contribution in [3.05, 3.63) is 53.6 Å². The first-order chi connectivity index (χ1) is 9.63. The maximum Gasteiger partial charge on any atom is 0.255 e. The second kappa shape index (κ2) is 5.88. The van der Waals surface area contributed by atoms with E-state index in [2.05, 4.69) is 5.32 Å². The maximum atomic E-state index is 12.0. The third-order valence-corrected chi connectivity index (χ3v) is 2.72. The van der Waals surface area contributed by atoms with Crippen molar-refractivity contribution in [1.29, 1.82) is 0 Å². The zero-order valence-corrected chi connectivity index (χ0v) is 10.8. The van der Waals surface area contributed by atoms with Gasteiger partial charge in [0.2, 0.25) is 0 Å². The summed E-state index contributed by atoms with van der Waals surface area (Å²) >= 11 is 0. The molecule has 5 heteroatoms. The molecule has 0 aromatic heterocycles. The zero-order valence-electron chi connectivity index (χ0n) is 10.8. The molecule has 0 aliphatic heterocycles. The fourth-order valence-corrected chi connectivity index (χ4v) is 1.72. The van der Waals surface area contributed by atoms with Gasteiger partial charge in [0.1, 0.15) is 6.29 Å². The van der Waals surface area contributed by atoms with Gasteiger partial charge in [-0.15, -0.1) is 0 Å². The quantitative estimate of drug-likeness (QED) is 0.837. The third kappa shape index (κ3) is 2.95. The molecule has 0 heterocycles. The SMILES string of the molecule is COc1ccc(C(=O)Nc2cccc(C=O)c2)cc1O. The van der Waals surface area contributed by atoms with Crippen LogP contribution >= 0.6 is 0 Å². The number of phenols is 1. The summed E-state index contributed by atoms with van der Waals surface area (Å²) < 4.78 is 4.91. The van der Waals surface area contributed by atoms with Gasteiger partial charge in [0, 0.05) is 16.8 Å². The van der Waals surface area contributed by atoms with E-state index in [9.17, 15) is 14.7 Å². The molecule has 2 aromatic carbocycles. The number of benzene rings is 2. The van der Waals surface area contributed by atoms with Crippen molar-refractivity contribution >= 4 is 17.9 Å². The highest BCUT2D eigenvalue weighted by atomic mass is 16.5. The fraction of sp³-hybridized carbons (Fsp3) is 0.0667. The van der Waals surface area contributed by atoms with E-state index in [1.165, 1.54) is 25.3 Å². The number of amides is 1. The Hall–Kier alpha value is -2.82. The molecule has 0 aliphatic rings. The summed E-state index contributed by atoms with van der Waals surface area (Å²) in [4.78, 5) is 22.7. The van der Waals surface area contributed by atoms with E-state index in [-0.39, 0.29) is 11.7 Å². The third-order valence-electron chi connectivity index (χ3n) is 2.72. The molecule has 1 amide bonds. The van der Waals surface area contributed by atoms with E-state index in [0.29, 0.717) is 28.8 Å². The molecular formula is C15H13NO4. The number of aromatic hydroxyl groups is 1. The Morgan fingerprint density at radius 3 is 2.70 bits per heavy atom. The number of phenolic OH excluding ortho intramolecular Hbond substituents is 1. The number of anilines is 1. The monoisotopic (exact) mass is 271 g/mol. The Bertz CT molecular complexity index is 652. The first kappa shape index (κ1) is 13.6.